The lowest BCUT2D eigenvalue weighted by atomic mass is 9.98. The largest absolute Gasteiger partial charge is 0.394 e. The van der Waals surface area contributed by atoms with Crippen LogP contribution in [0.4, 0.5) is 5.69 Å². The molecular formula is C24H23N3O4. The van der Waals surface area contributed by atoms with E-state index in [9.17, 15) is 14.7 Å². The van der Waals surface area contributed by atoms with E-state index in [0.717, 1.165) is 11.1 Å². The van der Waals surface area contributed by atoms with Crippen molar-refractivity contribution in [3.63, 3.8) is 0 Å². The number of morpholine rings is 1. The van der Waals surface area contributed by atoms with Crippen LogP contribution in [-0.4, -0.2) is 46.1 Å². The monoisotopic (exact) mass is 417 g/mol. The Morgan fingerprint density at radius 3 is 2.48 bits per heavy atom. The zero-order valence-corrected chi connectivity index (χ0v) is 16.8. The van der Waals surface area contributed by atoms with Gasteiger partial charge in [-0.3, -0.25) is 14.6 Å². The predicted molar refractivity (Wildman–Crippen MR) is 115 cm³/mol. The molecule has 1 aromatic heterocycles. The maximum atomic E-state index is 12.5. The number of aliphatic hydroxyl groups excluding tert-OH is 1. The summed E-state index contributed by atoms with van der Waals surface area (Å²) >= 11 is 0. The van der Waals surface area contributed by atoms with Gasteiger partial charge < -0.3 is 20.1 Å². The van der Waals surface area contributed by atoms with Crippen molar-refractivity contribution in [2.75, 3.05) is 18.5 Å². The molecule has 0 bridgehead atoms. The van der Waals surface area contributed by atoms with Crippen LogP contribution in [0.3, 0.4) is 0 Å². The van der Waals surface area contributed by atoms with E-state index in [4.69, 9.17) is 4.74 Å². The highest BCUT2D eigenvalue weighted by atomic mass is 16.5. The number of ether oxygens (including phenoxy) is 1. The number of nitrogens with zero attached hydrogens (tertiary/aromatic N) is 2. The van der Waals surface area contributed by atoms with Crippen molar-refractivity contribution in [3.05, 3.63) is 95.8 Å². The van der Waals surface area contributed by atoms with Crippen LogP contribution in [0.5, 0.6) is 0 Å². The Labute approximate surface area is 180 Å². The SMILES string of the molecule is O=C(Nc1ccc([C@H]2OCC(=O)N(Cc3ccccc3)[C@@H]2CO)cc1)c1ccccn1. The standard InChI is InChI=1S/C24H23N3O4/c28-15-21-23(31-16-22(29)27(21)14-17-6-2-1-3-7-17)18-9-11-19(12-10-18)26-24(30)20-8-4-5-13-25-20/h1-13,21,23,28H,14-16H2,(H,26,30)/t21-,23-/m1/s1. The smallest absolute Gasteiger partial charge is 0.274 e. The van der Waals surface area contributed by atoms with E-state index in [1.54, 1.807) is 41.4 Å². The average Bonchev–Trinajstić information content (AvgIpc) is 2.82. The number of anilines is 1. The van der Waals surface area contributed by atoms with Crippen molar-refractivity contribution in [1.82, 2.24) is 9.88 Å². The summed E-state index contributed by atoms with van der Waals surface area (Å²) < 4.78 is 5.79. The highest BCUT2D eigenvalue weighted by molar-refractivity contribution is 6.02. The van der Waals surface area contributed by atoms with Gasteiger partial charge in [0.1, 0.15) is 18.4 Å². The van der Waals surface area contributed by atoms with Gasteiger partial charge in [0.05, 0.1) is 12.6 Å². The van der Waals surface area contributed by atoms with E-state index < -0.39 is 12.1 Å². The summed E-state index contributed by atoms with van der Waals surface area (Å²) in [5, 5.41) is 12.9. The fourth-order valence-corrected chi connectivity index (χ4v) is 3.65. The van der Waals surface area contributed by atoms with Crippen molar-refractivity contribution in [2.24, 2.45) is 0 Å². The summed E-state index contributed by atoms with van der Waals surface area (Å²) in [5.74, 6) is -0.450. The molecule has 31 heavy (non-hydrogen) atoms. The molecule has 2 heterocycles. The number of pyridine rings is 1. The summed E-state index contributed by atoms with van der Waals surface area (Å²) in [7, 11) is 0. The number of benzene rings is 2. The van der Waals surface area contributed by atoms with Gasteiger partial charge in [0, 0.05) is 18.4 Å². The van der Waals surface area contributed by atoms with Crippen molar-refractivity contribution in [3.8, 4) is 0 Å². The molecule has 2 N–H and O–H groups in total. The zero-order chi connectivity index (χ0) is 21.6. The second kappa shape index (κ2) is 9.51. The van der Waals surface area contributed by atoms with Gasteiger partial charge in [0.2, 0.25) is 5.91 Å². The predicted octanol–water partition coefficient (Wildman–Crippen LogP) is 2.79. The molecule has 1 aliphatic rings. The molecule has 1 aliphatic heterocycles. The summed E-state index contributed by atoms with van der Waals surface area (Å²) in [5.41, 5.74) is 2.76. The van der Waals surface area contributed by atoms with Gasteiger partial charge in [0.15, 0.2) is 0 Å². The molecule has 158 valence electrons. The second-order valence-corrected chi connectivity index (χ2v) is 7.28. The van der Waals surface area contributed by atoms with Crippen molar-refractivity contribution in [1.29, 1.82) is 0 Å². The third-order valence-corrected chi connectivity index (χ3v) is 5.23. The lowest BCUT2D eigenvalue weighted by molar-refractivity contribution is -0.162. The van der Waals surface area contributed by atoms with E-state index in [-0.39, 0.29) is 25.0 Å². The van der Waals surface area contributed by atoms with Crippen LogP contribution in [0.15, 0.2) is 79.0 Å². The molecule has 2 atom stereocenters. The molecule has 0 unspecified atom stereocenters. The van der Waals surface area contributed by atoms with Crippen LogP contribution in [-0.2, 0) is 16.1 Å². The maximum Gasteiger partial charge on any atom is 0.274 e. The first-order chi connectivity index (χ1) is 15.2. The van der Waals surface area contributed by atoms with E-state index in [1.165, 1.54) is 0 Å². The molecule has 3 aromatic rings. The first kappa shape index (κ1) is 20.7. The number of aliphatic hydroxyl groups is 1. The van der Waals surface area contributed by atoms with Crippen molar-refractivity contribution < 1.29 is 19.4 Å². The lowest BCUT2D eigenvalue weighted by Crippen LogP contribution is -2.52. The third kappa shape index (κ3) is 4.79. The first-order valence-corrected chi connectivity index (χ1v) is 10.0. The van der Waals surface area contributed by atoms with E-state index >= 15 is 0 Å². The minimum absolute atomic E-state index is 0.0494. The van der Waals surface area contributed by atoms with Gasteiger partial charge in [-0.05, 0) is 35.4 Å². The minimum Gasteiger partial charge on any atom is -0.394 e. The molecule has 0 aliphatic carbocycles. The van der Waals surface area contributed by atoms with Gasteiger partial charge >= 0.3 is 0 Å². The molecule has 1 saturated heterocycles. The number of carbonyl (C=O) groups excluding carboxylic acids is 2. The molecule has 1 fully saturated rings. The molecule has 7 heteroatoms. The molecule has 2 amide bonds. The highest BCUT2D eigenvalue weighted by Gasteiger charge is 2.37. The fraction of sp³-hybridized carbons (Fsp3) is 0.208. The Hall–Kier alpha value is -3.55. The van der Waals surface area contributed by atoms with E-state index in [1.807, 2.05) is 42.5 Å². The summed E-state index contributed by atoms with van der Waals surface area (Å²) in [6.07, 6.45) is 1.10. The Balaban J connectivity index is 1.48. The van der Waals surface area contributed by atoms with Gasteiger partial charge in [-0.1, -0.05) is 48.5 Å². The van der Waals surface area contributed by atoms with Crippen molar-refractivity contribution >= 4 is 17.5 Å². The van der Waals surface area contributed by atoms with Gasteiger partial charge in [0.25, 0.3) is 5.91 Å². The third-order valence-electron chi connectivity index (χ3n) is 5.23. The van der Waals surface area contributed by atoms with Crippen LogP contribution < -0.4 is 5.32 Å². The number of hydrogen-bond acceptors (Lipinski definition) is 5. The van der Waals surface area contributed by atoms with Crippen LogP contribution in [0, 0.1) is 0 Å². The molecular weight excluding hydrogens is 394 g/mol. The normalized spacial score (nSPS) is 18.6. The summed E-state index contributed by atoms with van der Waals surface area (Å²) in [6.45, 7) is 0.135. The minimum atomic E-state index is -0.504. The number of rotatable bonds is 6. The Morgan fingerprint density at radius 1 is 1.06 bits per heavy atom. The Kier molecular flexibility index (Phi) is 6.35. The Morgan fingerprint density at radius 2 is 1.81 bits per heavy atom. The van der Waals surface area contributed by atoms with E-state index in [2.05, 4.69) is 10.3 Å². The van der Waals surface area contributed by atoms with Gasteiger partial charge in [-0.25, -0.2) is 0 Å². The molecule has 2 aromatic carbocycles. The number of aromatic nitrogens is 1. The number of hydrogen-bond donors (Lipinski definition) is 2. The number of carbonyl (C=O) groups is 2. The molecule has 0 saturated carbocycles. The molecule has 0 radical (unpaired) electrons. The Bertz CT molecular complexity index is 1030. The zero-order valence-electron chi connectivity index (χ0n) is 16.8. The van der Waals surface area contributed by atoms with Crippen molar-refractivity contribution in [2.45, 2.75) is 18.7 Å². The highest BCUT2D eigenvalue weighted by Crippen LogP contribution is 2.31. The van der Waals surface area contributed by atoms with Crippen LogP contribution in [0.25, 0.3) is 0 Å². The quantitative estimate of drug-likeness (QED) is 0.644. The summed E-state index contributed by atoms with van der Waals surface area (Å²) in [4.78, 5) is 30.5. The number of nitrogens with one attached hydrogen (secondary N) is 1. The fourth-order valence-electron chi connectivity index (χ4n) is 3.65. The first-order valence-electron chi connectivity index (χ1n) is 10.0. The van der Waals surface area contributed by atoms with Gasteiger partial charge in [-0.15, -0.1) is 0 Å². The summed E-state index contributed by atoms with van der Waals surface area (Å²) in [6, 6.07) is 21.5. The molecule has 0 spiro atoms. The average molecular weight is 417 g/mol. The number of amides is 2. The molecule has 7 nitrogen and oxygen atoms in total. The second-order valence-electron chi connectivity index (χ2n) is 7.28. The molecule has 4 rings (SSSR count). The van der Waals surface area contributed by atoms with Crippen LogP contribution in [0.1, 0.15) is 27.7 Å². The van der Waals surface area contributed by atoms with Gasteiger partial charge in [-0.2, -0.15) is 0 Å². The van der Waals surface area contributed by atoms with Crippen LogP contribution >= 0.6 is 0 Å². The van der Waals surface area contributed by atoms with E-state index in [0.29, 0.717) is 17.9 Å². The lowest BCUT2D eigenvalue weighted by Gasteiger charge is -2.40. The maximum absolute atomic E-state index is 12.5. The van der Waals surface area contributed by atoms with Crippen LogP contribution in [0.2, 0.25) is 0 Å². The topological polar surface area (TPSA) is 91.8 Å².